The van der Waals surface area contributed by atoms with Crippen LogP contribution in [0.25, 0.3) is 9.88 Å². The Morgan fingerprint density at radius 1 is 1.43 bits per heavy atom. The summed E-state index contributed by atoms with van der Waals surface area (Å²) >= 11 is 3.12. The number of carbonyl (C=O) groups is 2. The van der Waals surface area contributed by atoms with Crippen molar-refractivity contribution in [2.45, 2.75) is 25.3 Å². The Kier molecular flexibility index (Phi) is 4.03. The summed E-state index contributed by atoms with van der Waals surface area (Å²) in [5.41, 5.74) is 0.712. The number of thiazole rings is 1. The van der Waals surface area contributed by atoms with E-state index in [1.165, 1.54) is 16.2 Å². The number of thiophene rings is 1. The number of aliphatic carboxylic acids is 1. The van der Waals surface area contributed by atoms with Crippen LogP contribution < -0.4 is 0 Å². The number of amides is 1. The van der Waals surface area contributed by atoms with Gasteiger partial charge in [0.1, 0.15) is 11.0 Å². The normalized spacial score (nSPS) is 18.1. The van der Waals surface area contributed by atoms with Crippen LogP contribution in [0.1, 0.15) is 18.5 Å². The first-order valence-corrected chi connectivity index (χ1v) is 8.41. The summed E-state index contributed by atoms with van der Waals surface area (Å²) in [4.78, 5) is 30.4. The molecule has 110 valence electrons. The van der Waals surface area contributed by atoms with E-state index in [4.69, 9.17) is 5.11 Å². The molecule has 0 aromatic carbocycles. The molecule has 0 spiro atoms. The van der Waals surface area contributed by atoms with Gasteiger partial charge in [-0.05, 0) is 24.3 Å². The highest BCUT2D eigenvalue weighted by Gasteiger charge is 2.33. The predicted octanol–water partition coefficient (Wildman–Crippen LogP) is 2.49. The van der Waals surface area contributed by atoms with Crippen LogP contribution in [-0.2, 0) is 16.0 Å². The molecular weight excluding hydrogens is 308 g/mol. The Hall–Kier alpha value is -1.73. The topological polar surface area (TPSA) is 70.5 Å². The molecule has 1 N–H and O–H groups in total. The van der Waals surface area contributed by atoms with Crippen LogP contribution >= 0.6 is 22.7 Å². The minimum absolute atomic E-state index is 0.150. The maximum Gasteiger partial charge on any atom is 0.326 e. The molecule has 1 atom stereocenters. The molecule has 5 nitrogen and oxygen atoms in total. The Balaban J connectivity index is 1.69. The molecule has 2 aromatic rings. The van der Waals surface area contributed by atoms with E-state index in [1.807, 2.05) is 22.9 Å². The maximum atomic E-state index is 12.3. The van der Waals surface area contributed by atoms with Crippen molar-refractivity contribution < 1.29 is 14.7 Å². The van der Waals surface area contributed by atoms with Crippen LogP contribution in [0.4, 0.5) is 0 Å². The maximum absolute atomic E-state index is 12.3. The lowest BCUT2D eigenvalue weighted by atomic mass is 10.2. The van der Waals surface area contributed by atoms with Gasteiger partial charge in [-0.3, -0.25) is 4.79 Å². The molecule has 1 fully saturated rings. The fourth-order valence-corrected chi connectivity index (χ4v) is 4.11. The minimum Gasteiger partial charge on any atom is -0.480 e. The third-order valence-electron chi connectivity index (χ3n) is 3.47. The lowest BCUT2D eigenvalue weighted by Crippen LogP contribution is -2.41. The monoisotopic (exact) mass is 322 g/mol. The molecule has 1 aliphatic rings. The number of rotatable bonds is 4. The van der Waals surface area contributed by atoms with Crippen molar-refractivity contribution in [3.8, 4) is 9.88 Å². The summed E-state index contributed by atoms with van der Waals surface area (Å²) in [6.45, 7) is 0.526. The van der Waals surface area contributed by atoms with Crippen molar-refractivity contribution >= 4 is 34.6 Å². The van der Waals surface area contributed by atoms with Crippen LogP contribution in [-0.4, -0.2) is 39.5 Å². The molecule has 7 heteroatoms. The largest absolute Gasteiger partial charge is 0.480 e. The van der Waals surface area contributed by atoms with E-state index in [0.717, 1.165) is 16.3 Å². The van der Waals surface area contributed by atoms with Gasteiger partial charge in [0.2, 0.25) is 5.91 Å². The second kappa shape index (κ2) is 5.95. The lowest BCUT2D eigenvalue weighted by molar-refractivity contribution is -0.148. The fourth-order valence-electron chi connectivity index (χ4n) is 2.48. The molecule has 2 aromatic heterocycles. The van der Waals surface area contributed by atoms with Crippen molar-refractivity contribution in [1.29, 1.82) is 0 Å². The van der Waals surface area contributed by atoms with Crippen LogP contribution in [0, 0.1) is 0 Å². The van der Waals surface area contributed by atoms with Gasteiger partial charge in [-0.15, -0.1) is 22.7 Å². The zero-order chi connectivity index (χ0) is 14.8. The first-order chi connectivity index (χ1) is 10.1. The Bertz CT molecular complexity index is 651. The van der Waals surface area contributed by atoms with Crippen molar-refractivity contribution in [1.82, 2.24) is 9.88 Å². The quantitative estimate of drug-likeness (QED) is 0.939. The number of aromatic nitrogens is 1. The zero-order valence-corrected chi connectivity index (χ0v) is 12.8. The van der Waals surface area contributed by atoms with E-state index in [-0.39, 0.29) is 12.3 Å². The highest BCUT2D eigenvalue weighted by molar-refractivity contribution is 7.20. The van der Waals surface area contributed by atoms with E-state index in [9.17, 15) is 9.59 Å². The SMILES string of the molecule is O=C(O)C1CCCN1C(=O)Cc1csc(-c2cccs2)n1. The average molecular weight is 322 g/mol. The second-order valence-electron chi connectivity index (χ2n) is 4.88. The summed E-state index contributed by atoms with van der Waals surface area (Å²) in [6, 6.07) is 3.29. The van der Waals surface area contributed by atoms with Gasteiger partial charge in [-0.25, -0.2) is 9.78 Å². The van der Waals surface area contributed by atoms with E-state index in [2.05, 4.69) is 4.98 Å². The Morgan fingerprint density at radius 2 is 2.29 bits per heavy atom. The van der Waals surface area contributed by atoms with Crippen molar-refractivity contribution in [3.63, 3.8) is 0 Å². The molecule has 0 saturated carbocycles. The molecule has 1 amide bonds. The Labute approximate surface area is 129 Å². The summed E-state index contributed by atoms with van der Waals surface area (Å²) in [5, 5.41) is 13.9. The van der Waals surface area contributed by atoms with E-state index in [0.29, 0.717) is 18.7 Å². The van der Waals surface area contributed by atoms with Crippen LogP contribution in [0.3, 0.4) is 0 Å². The standard InChI is InChI=1S/C14H14N2O3S2/c17-12(16-5-1-3-10(16)14(18)19)7-9-8-21-13(15-9)11-4-2-6-20-11/h2,4,6,8,10H,1,3,5,7H2,(H,18,19). The van der Waals surface area contributed by atoms with Crippen molar-refractivity contribution in [2.24, 2.45) is 0 Å². The van der Waals surface area contributed by atoms with Gasteiger partial charge >= 0.3 is 5.97 Å². The van der Waals surface area contributed by atoms with Gasteiger partial charge in [0, 0.05) is 11.9 Å². The molecule has 0 bridgehead atoms. The van der Waals surface area contributed by atoms with Gasteiger partial charge in [-0.1, -0.05) is 6.07 Å². The summed E-state index contributed by atoms with van der Waals surface area (Å²) in [5.74, 6) is -1.07. The zero-order valence-electron chi connectivity index (χ0n) is 11.2. The number of likely N-dealkylation sites (tertiary alicyclic amines) is 1. The molecule has 1 saturated heterocycles. The first kappa shape index (κ1) is 14.2. The third kappa shape index (κ3) is 2.98. The van der Waals surface area contributed by atoms with Gasteiger partial charge in [0.25, 0.3) is 0 Å². The third-order valence-corrected chi connectivity index (χ3v) is 5.40. The van der Waals surface area contributed by atoms with Gasteiger partial charge in [-0.2, -0.15) is 0 Å². The smallest absolute Gasteiger partial charge is 0.326 e. The van der Waals surface area contributed by atoms with Crippen LogP contribution in [0.2, 0.25) is 0 Å². The highest BCUT2D eigenvalue weighted by atomic mass is 32.1. The van der Waals surface area contributed by atoms with Crippen molar-refractivity contribution in [2.75, 3.05) is 6.54 Å². The molecule has 1 aliphatic heterocycles. The molecule has 0 radical (unpaired) electrons. The van der Waals surface area contributed by atoms with Gasteiger partial charge in [0.15, 0.2) is 0 Å². The molecule has 3 rings (SSSR count). The lowest BCUT2D eigenvalue weighted by Gasteiger charge is -2.20. The van der Waals surface area contributed by atoms with Gasteiger partial charge in [0.05, 0.1) is 17.0 Å². The number of nitrogens with zero attached hydrogens (tertiary/aromatic N) is 2. The number of carbonyl (C=O) groups excluding carboxylic acids is 1. The predicted molar refractivity (Wildman–Crippen MR) is 81.5 cm³/mol. The summed E-state index contributed by atoms with van der Waals surface area (Å²) < 4.78 is 0. The highest BCUT2D eigenvalue weighted by Crippen LogP contribution is 2.28. The number of carboxylic acid groups (broad SMARTS) is 1. The second-order valence-corrected chi connectivity index (χ2v) is 6.69. The minimum atomic E-state index is -0.918. The molecule has 21 heavy (non-hydrogen) atoms. The van der Waals surface area contributed by atoms with Crippen molar-refractivity contribution in [3.05, 3.63) is 28.6 Å². The summed E-state index contributed by atoms with van der Waals surface area (Å²) in [7, 11) is 0. The Morgan fingerprint density at radius 3 is 3.00 bits per heavy atom. The molecule has 3 heterocycles. The number of carboxylic acids is 1. The fraction of sp³-hybridized carbons (Fsp3) is 0.357. The summed E-state index contributed by atoms with van der Waals surface area (Å²) in [6.07, 6.45) is 1.46. The van der Waals surface area contributed by atoms with Crippen LogP contribution in [0.5, 0.6) is 0 Å². The molecule has 0 aliphatic carbocycles. The average Bonchev–Trinajstić information content (AvgIpc) is 3.19. The molecule has 1 unspecified atom stereocenters. The van der Waals surface area contributed by atoms with Gasteiger partial charge < -0.3 is 10.0 Å². The van der Waals surface area contributed by atoms with E-state index in [1.54, 1.807) is 11.3 Å². The van der Waals surface area contributed by atoms with Crippen LogP contribution in [0.15, 0.2) is 22.9 Å². The molecular formula is C14H14N2O3S2. The number of hydrogen-bond acceptors (Lipinski definition) is 5. The number of hydrogen-bond donors (Lipinski definition) is 1. The van der Waals surface area contributed by atoms with E-state index < -0.39 is 12.0 Å². The van der Waals surface area contributed by atoms with E-state index >= 15 is 0 Å². The first-order valence-electron chi connectivity index (χ1n) is 6.65.